The van der Waals surface area contributed by atoms with Crippen molar-refractivity contribution >= 4 is 16.4 Å². The van der Waals surface area contributed by atoms with Crippen LogP contribution in [0, 0.1) is 0 Å². The zero-order valence-corrected chi connectivity index (χ0v) is 12.4. The largest absolute Gasteiger partial charge is 1.00 e. The minimum absolute atomic E-state index is 0. The summed E-state index contributed by atoms with van der Waals surface area (Å²) in [5.41, 5.74) is 5.90. The molecule has 0 spiro atoms. The third-order valence-electron chi connectivity index (χ3n) is 1.89. The predicted molar refractivity (Wildman–Crippen MR) is 56.1 cm³/mol. The van der Waals surface area contributed by atoms with Crippen LogP contribution in [0.3, 0.4) is 0 Å². The van der Waals surface area contributed by atoms with E-state index in [1.54, 1.807) is 0 Å². The second-order valence-electron chi connectivity index (χ2n) is 3.28. The summed E-state index contributed by atoms with van der Waals surface area (Å²) in [5, 5.41) is 8.58. The number of benzene rings is 1. The van der Waals surface area contributed by atoms with E-state index in [1.807, 2.05) is 0 Å². The number of hydrogen-bond acceptors (Lipinski definition) is 6. The van der Waals surface area contributed by atoms with E-state index in [2.05, 4.69) is 4.18 Å². The van der Waals surface area contributed by atoms with E-state index in [-0.39, 0.29) is 41.7 Å². The molecule has 0 amide bonds. The molecule has 0 aliphatic carbocycles. The van der Waals surface area contributed by atoms with Crippen LogP contribution < -0.4 is 39.5 Å². The van der Waals surface area contributed by atoms with Crippen molar-refractivity contribution in [3.63, 3.8) is 0 Å². The van der Waals surface area contributed by atoms with Crippen molar-refractivity contribution in [3.8, 4) is 5.75 Å². The van der Waals surface area contributed by atoms with Crippen LogP contribution in [0.25, 0.3) is 0 Å². The monoisotopic (exact) mass is 283 g/mol. The van der Waals surface area contributed by atoms with E-state index in [9.17, 15) is 17.8 Å². The van der Waals surface area contributed by atoms with Crippen LogP contribution in [0.5, 0.6) is 5.75 Å². The SMILES string of the molecule is NC(Cc1ccc(OS(=O)(=O)[O-])cc1)C(=O)O.[Na+]. The van der Waals surface area contributed by atoms with Crippen LogP contribution in [0.4, 0.5) is 0 Å². The molecule has 18 heavy (non-hydrogen) atoms. The second kappa shape index (κ2) is 7.07. The summed E-state index contributed by atoms with van der Waals surface area (Å²) in [6, 6.07) is 4.33. The van der Waals surface area contributed by atoms with Crippen molar-refractivity contribution in [2.75, 3.05) is 0 Å². The first-order valence-corrected chi connectivity index (χ1v) is 5.84. The Morgan fingerprint density at radius 2 is 1.89 bits per heavy atom. The number of carboxylic acids is 1. The summed E-state index contributed by atoms with van der Waals surface area (Å²) < 4.78 is 34.9. The van der Waals surface area contributed by atoms with Gasteiger partial charge in [-0.25, -0.2) is 8.42 Å². The second-order valence-corrected chi connectivity index (χ2v) is 4.27. The van der Waals surface area contributed by atoms with E-state index in [1.165, 1.54) is 24.3 Å². The molecule has 0 fully saturated rings. The molecule has 7 nitrogen and oxygen atoms in total. The van der Waals surface area contributed by atoms with Gasteiger partial charge in [-0.3, -0.25) is 4.79 Å². The van der Waals surface area contributed by atoms with Gasteiger partial charge in [-0.15, -0.1) is 0 Å². The van der Waals surface area contributed by atoms with Gasteiger partial charge in [0.25, 0.3) is 10.4 Å². The maximum Gasteiger partial charge on any atom is 1.00 e. The van der Waals surface area contributed by atoms with Crippen LogP contribution >= 0.6 is 0 Å². The van der Waals surface area contributed by atoms with Crippen LogP contribution in [-0.2, 0) is 21.6 Å². The van der Waals surface area contributed by atoms with Gasteiger partial charge in [-0.05, 0) is 24.1 Å². The van der Waals surface area contributed by atoms with Crippen LogP contribution in [0.2, 0.25) is 0 Å². The Bertz CT molecular complexity index is 500. The van der Waals surface area contributed by atoms with E-state index in [0.717, 1.165) is 0 Å². The van der Waals surface area contributed by atoms with Gasteiger partial charge in [0.15, 0.2) is 0 Å². The number of aliphatic carboxylic acids is 1. The molecule has 0 heterocycles. The van der Waals surface area contributed by atoms with E-state index < -0.39 is 22.4 Å². The molecular formula is C9H10NNaO6S. The molecule has 0 aliphatic heterocycles. The van der Waals surface area contributed by atoms with Gasteiger partial charge in [0.05, 0.1) is 0 Å². The summed E-state index contributed by atoms with van der Waals surface area (Å²) in [6.07, 6.45) is 0.0970. The fourth-order valence-electron chi connectivity index (χ4n) is 1.14. The van der Waals surface area contributed by atoms with Crippen molar-refractivity contribution in [2.24, 2.45) is 5.73 Å². The molecule has 94 valence electrons. The Hall–Kier alpha value is -0.640. The molecule has 0 aromatic heterocycles. The molecule has 1 rings (SSSR count). The fourth-order valence-corrected chi connectivity index (χ4v) is 1.49. The Morgan fingerprint density at radius 1 is 1.39 bits per heavy atom. The number of nitrogens with two attached hydrogens (primary N) is 1. The maximum atomic E-state index is 10.5. The van der Waals surface area contributed by atoms with Gasteiger partial charge in [-0.1, -0.05) is 12.1 Å². The quantitative estimate of drug-likeness (QED) is 0.325. The molecular weight excluding hydrogens is 273 g/mol. The first kappa shape index (κ1) is 17.4. The molecule has 1 aromatic carbocycles. The molecule has 3 N–H and O–H groups in total. The Morgan fingerprint density at radius 3 is 2.28 bits per heavy atom. The summed E-state index contributed by atoms with van der Waals surface area (Å²) in [4.78, 5) is 10.5. The molecule has 1 aromatic rings. The molecule has 0 saturated heterocycles. The van der Waals surface area contributed by atoms with Gasteiger partial charge in [0, 0.05) is 0 Å². The summed E-state index contributed by atoms with van der Waals surface area (Å²) in [6.45, 7) is 0. The third kappa shape index (κ3) is 6.34. The molecule has 0 aliphatic rings. The molecule has 9 heteroatoms. The molecule has 1 atom stereocenters. The summed E-state index contributed by atoms with van der Waals surface area (Å²) >= 11 is 0. The zero-order valence-electron chi connectivity index (χ0n) is 9.57. The van der Waals surface area contributed by atoms with Gasteiger partial charge in [0.2, 0.25) is 0 Å². The maximum absolute atomic E-state index is 10.5. The van der Waals surface area contributed by atoms with Gasteiger partial charge < -0.3 is 19.6 Å². The Kier molecular flexibility index (Phi) is 6.82. The predicted octanol–water partition coefficient (Wildman–Crippen LogP) is -3.52. The normalized spacial score (nSPS) is 12.3. The number of carboxylic acid groups (broad SMARTS) is 1. The third-order valence-corrected chi connectivity index (χ3v) is 2.29. The summed E-state index contributed by atoms with van der Waals surface area (Å²) in [5.74, 6) is -1.26. The van der Waals surface area contributed by atoms with Gasteiger partial charge in [-0.2, -0.15) is 0 Å². The van der Waals surface area contributed by atoms with Crippen LogP contribution in [0.15, 0.2) is 24.3 Å². The van der Waals surface area contributed by atoms with E-state index >= 15 is 0 Å². The Balaban J connectivity index is 0.00000289. The Labute approximate surface area is 126 Å². The first-order chi connectivity index (χ1) is 7.78. The summed E-state index contributed by atoms with van der Waals surface area (Å²) in [7, 11) is -4.80. The minimum Gasteiger partial charge on any atom is -0.716 e. The van der Waals surface area contributed by atoms with Crippen molar-refractivity contribution in [1.82, 2.24) is 0 Å². The standard InChI is InChI=1S/C9H11NO6S.Na/c10-8(9(11)12)5-6-1-3-7(4-2-6)16-17(13,14)15;/h1-4,8H,5,10H2,(H,11,12)(H,13,14,15);/q;+1/p-1. The van der Waals surface area contributed by atoms with Crippen molar-refractivity contribution in [3.05, 3.63) is 29.8 Å². The molecule has 0 bridgehead atoms. The minimum atomic E-state index is -4.80. The number of hydrogen-bond donors (Lipinski definition) is 2. The molecule has 0 saturated carbocycles. The fraction of sp³-hybridized carbons (Fsp3) is 0.222. The van der Waals surface area contributed by atoms with Gasteiger partial charge in [0.1, 0.15) is 11.8 Å². The topological polar surface area (TPSA) is 130 Å². The van der Waals surface area contributed by atoms with E-state index in [4.69, 9.17) is 10.8 Å². The first-order valence-electron chi connectivity index (χ1n) is 4.50. The van der Waals surface area contributed by atoms with Crippen molar-refractivity contribution in [2.45, 2.75) is 12.5 Å². The van der Waals surface area contributed by atoms with Crippen molar-refractivity contribution in [1.29, 1.82) is 0 Å². The van der Waals surface area contributed by atoms with Crippen LogP contribution in [-0.4, -0.2) is 30.1 Å². The smallest absolute Gasteiger partial charge is 0.716 e. The average Bonchev–Trinajstić information content (AvgIpc) is 2.18. The molecule has 0 radical (unpaired) electrons. The van der Waals surface area contributed by atoms with Crippen LogP contribution in [0.1, 0.15) is 5.56 Å². The zero-order chi connectivity index (χ0) is 13.1. The van der Waals surface area contributed by atoms with Crippen molar-refractivity contribution < 1.29 is 56.6 Å². The molecule has 1 unspecified atom stereocenters. The number of carbonyl (C=O) groups is 1. The number of rotatable bonds is 5. The average molecular weight is 283 g/mol. The van der Waals surface area contributed by atoms with E-state index in [0.29, 0.717) is 5.56 Å². The van der Waals surface area contributed by atoms with Gasteiger partial charge >= 0.3 is 35.5 Å².